The van der Waals surface area contributed by atoms with Crippen LogP contribution in [0.4, 0.5) is 0 Å². The van der Waals surface area contributed by atoms with Crippen LogP contribution in [0.5, 0.6) is 5.75 Å². The molecular weight excluding hydrogens is 380 g/mol. The number of carbonyl (C=O) groups excluding carboxylic acids is 2. The van der Waals surface area contributed by atoms with Gasteiger partial charge in [-0.2, -0.15) is 0 Å². The summed E-state index contributed by atoms with van der Waals surface area (Å²) in [4.78, 5) is 31.1. The summed E-state index contributed by atoms with van der Waals surface area (Å²) in [6.45, 7) is 1.65. The minimum Gasteiger partial charge on any atom is -0.497 e. The van der Waals surface area contributed by atoms with Crippen LogP contribution < -0.4 is 15.4 Å². The number of allylic oxidation sites excluding steroid dienone is 2. The Labute approximate surface area is 177 Å². The number of methoxy groups -OCH3 is 1. The van der Waals surface area contributed by atoms with Crippen molar-refractivity contribution < 1.29 is 14.3 Å². The van der Waals surface area contributed by atoms with Crippen LogP contribution in [0, 0.1) is 23.7 Å². The zero-order valence-corrected chi connectivity index (χ0v) is 17.6. The van der Waals surface area contributed by atoms with E-state index in [9.17, 15) is 9.59 Å². The Kier molecular flexibility index (Phi) is 6.06. The molecule has 1 aromatic carbocycles. The molecule has 3 aliphatic rings. The van der Waals surface area contributed by atoms with Gasteiger partial charge in [-0.1, -0.05) is 24.3 Å². The van der Waals surface area contributed by atoms with E-state index in [1.165, 1.54) is 10.5 Å². The molecule has 4 atom stereocenters. The van der Waals surface area contributed by atoms with E-state index in [0.29, 0.717) is 19.0 Å². The maximum Gasteiger partial charge on any atom is 0.233 e. The number of carbonyl (C=O) groups is 2. The molecule has 0 spiro atoms. The van der Waals surface area contributed by atoms with E-state index in [1.54, 1.807) is 14.2 Å². The van der Waals surface area contributed by atoms with E-state index in [4.69, 9.17) is 4.74 Å². The summed E-state index contributed by atoms with van der Waals surface area (Å²) in [5, 5.41) is 6.50. The maximum absolute atomic E-state index is 12.7. The van der Waals surface area contributed by atoms with Crippen molar-refractivity contribution in [3.05, 3.63) is 42.0 Å². The molecule has 2 amide bonds. The molecule has 2 fully saturated rings. The summed E-state index contributed by atoms with van der Waals surface area (Å²) in [6, 6.07) is 8.08. The van der Waals surface area contributed by atoms with Crippen LogP contribution in [0.3, 0.4) is 0 Å². The molecule has 2 aliphatic carbocycles. The smallest absolute Gasteiger partial charge is 0.233 e. The van der Waals surface area contributed by atoms with Gasteiger partial charge in [-0.15, -0.1) is 0 Å². The molecule has 1 aromatic rings. The van der Waals surface area contributed by atoms with Gasteiger partial charge >= 0.3 is 0 Å². The summed E-state index contributed by atoms with van der Waals surface area (Å²) in [6.07, 6.45) is 7.10. The number of aryl methyl sites for hydroxylation is 1. The van der Waals surface area contributed by atoms with E-state index in [2.05, 4.69) is 33.8 Å². The van der Waals surface area contributed by atoms with E-state index in [0.717, 1.165) is 31.6 Å². The van der Waals surface area contributed by atoms with E-state index in [1.807, 2.05) is 18.2 Å². The molecule has 4 unspecified atom stereocenters. The van der Waals surface area contributed by atoms with Crippen molar-refractivity contribution in [2.45, 2.75) is 19.3 Å². The first-order valence-electron chi connectivity index (χ1n) is 10.7. The fourth-order valence-corrected chi connectivity index (χ4v) is 5.02. The number of aliphatic imine (C=N–C) groups is 1. The minimum absolute atomic E-state index is 0.00452. The van der Waals surface area contributed by atoms with Gasteiger partial charge in [-0.05, 0) is 48.8 Å². The van der Waals surface area contributed by atoms with Crippen molar-refractivity contribution in [3.8, 4) is 5.75 Å². The summed E-state index contributed by atoms with van der Waals surface area (Å²) in [7, 11) is 3.39. The molecule has 4 rings (SSSR count). The van der Waals surface area contributed by atoms with E-state index < -0.39 is 0 Å². The van der Waals surface area contributed by atoms with Crippen LogP contribution in [-0.4, -0.2) is 56.5 Å². The Balaban J connectivity index is 1.18. The minimum atomic E-state index is -0.124. The first kappa shape index (κ1) is 20.4. The van der Waals surface area contributed by atoms with Gasteiger partial charge in [-0.25, -0.2) is 0 Å². The fourth-order valence-electron chi connectivity index (χ4n) is 5.02. The molecule has 1 saturated heterocycles. The second kappa shape index (κ2) is 8.90. The number of amides is 2. The van der Waals surface area contributed by atoms with Crippen molar-refractivity contribution in [1.82, 2.24) is 15.5 Å². The van der Waals surface area contributed by atoms with Gasteiger partial charge in [0, 0.05) is 26.7 Å². The van der Waals surface area contributed by atoms with Crippen LogP contribution >= 0.6 is 0 Å². The third kappa shape index (κ3) is 3.93. The van der Waals surface area contributed by atoms with Crippen molar-refractivity contribution in [1.29, 1.82) is 0 Å². The third-order valence-electron chi connectivity index (χ3n) is 6.48. The highest BCUT2D eigenvalue weighted by Crippen LogP contribution is 2.52. The number of ether oxygens (including phenoxy) is 1. The molecule has 1 heterocycles. The molecule has 30 heavy (non-hydrogen) atoms. The second-order valence-electron chi connectivity index (χ2n) is 8.21. The number of benzene rings is 1. The SMILES string of the molecule is CN=C(NCCCc1cccc(OC)c1)NCCN1C(=O)C2C3C=CC(C3)C2C1=O. The number of likely N-dealkylation sites (tertiary alicyclic amines) is 1. The van der Waals surface area contributed by atoms with Crippen LogP contribution in [0.1, 0.15) is 18.4 Å². The standard InChI is InChI=1S/C23H30N4O3/c1-24-23(25-10-4-6-15-5-3-7-18(13-15)30-2)26-11-12-27-21(28)19-16-8-9-17(14-16)20(19)22(27)29/h3,5,7-9,13,16-17,19-20H,4,6,10-12,14H2,1-2H3,(H2,24,25,26). The molecule has 1 saturated carbocycles. The Bertz CT molecular complexity index is 836. The highest BCUT2D eigenvalue weighted by atomic mass is 16.5. The number of hydrogen-bond donors (Lipinski definition) is 2. The number of fused-ring (bicyclic) bond motifs is 5. The van der Waals surface area contributed by atoms with Gasteiger partial charge in [0.1, 0.15) is 5.75 Å². The predicted molar refractivity (Wildman–Crippen MR) is 115 cm³/mol. The number of imide groups is 1. The molecule has 160 valence electrons. The molecule has 7 heteroatoms. The molecule has 2 bridgehead atoms. The number of nitrogens with zero attached hydrogens (tertiary/aromatic N) is 2. The monoisotopic (exact) mass is 410 g/mol. The number of guanidine groups is 1. The van der Waals surface area contributed by atoms with Crippen molar-refractivity contribution in [2.75, 3.05) is 33.8 Å². The Hall–Kier alpha value is -2.83. The Morgan fingerprint density at radius 1 is 1.13 bits per heavy atom. The van der Waals surface area contributed by atoms with Crippen LogP contribution in [-0.2, 0) is 16.0 Å². The summed E-state index contributed by atoms with van der Waals surface area (Å²) < 4.78 is 5.26. The average Bonchev–Trinajstić information content (AvgIpc) is 3.45. The Morgan fingerprint density at radius 2 is 1.83 bits per heavy atom. The maximum atomic E-state index is 12.7. The van der Waals surface area contributed by atoms with Crippen LogP contribution in [0.2, 0.25) is 0 Å². The Morgan fingerprint density at radius 3 is 2.50 bits per heavy atom. The number of rotatable bonds is 8. The largest absolute Gasteiger partial charge is 0.497 e. The molecule has 1 aliphatic heterocycles. The number of hydrogen-bond acceptors (Lipinski definition) is 4. The highest BCUT2D eigenvalue weighted by molar-refractivity contribution is 6.06. The average molecular weight is 411 g/mol. The van der Waals surface area contributed by atoms with Crippen molar-refractivity contribution >= 4 is 17.8 Å². The molecule has 2 N–H and O–H groups in total. The van der Waals surface area contributed by atoms with Gasteiger partial charge in [0.15, 0.2) is 5.96 Å². The first-order valence-corrected chi connectivity index (χ1v) is 10.7. The van der Waals surface area contributed by atoms with E-state index >= 15 is 0 Å². The summed E-state index contributed by atoms with van der Waals surface area (Å²) in [5.41, 5.74) is 1.24. The van der Waals surface area contributed by atoms with Gasteiger partial charge in [-0.3, -0.25) is 19.5 Å². The van der Waals surface area contributed by atoms with Gasteiger partial charge in [0.2, 0.25) is 11.8 Å². The van der Waals surface area contributed by atoms with E-state index in [-0.39, 0.29) is 35.5 Å². The lowest BCUT2D eigenvalue weighted by molar-refractivity contribution is -0.140. The van der Waals surface area contributed by atoms with Crippen LogP contribution in [0.25, 0.3) is 0 Å². The molecule has 7 nitrogen and oxygen atoms in total. The molecule has 0 aromatic heterocycles. The zero-order valence-electron chi connectivity index (χ0n) is 17.6. The fraction of sp³-hybridized carbons (Fsp3) is 0.522. The highest BCUT2D eigenvalue weighted by Gasteiger charge is 2.58. The third-order valence-corrected chi connectivity index (χ3v) is 6.48. The number of nitrogens with one attached hydrogen (secondary N) is 2. The molecular formula is C23H30N4O3. The predicted octanol–water partition coefficient (Wildman–Crippen LogP) is 1.60. The van der Waals surface area contributed by atoms with Crippen molar-refractivity contribution in [2.24, 2.45) is 28.7 Å². The topological polar surface area (TPSA) is 83.0 Å². The normalized spacial score (nSPS) is 27.0. The lowest BCUT2D eigenvalue weighted by atomic mass is 9.85. The summed E-state index contributed by atoms with van der Waals surface area (Å²) in [5.74, 6) is 1.83. The van der Waals surface area contributed by atoms with Gasteiger partial charge < -0.3 is 15.4 Å². The second-order valence-corrected chi connectivity index (χ2v) is 8.21. The van der Waals surface area contributed by atoms with Crippen molar-refractivity contribution in [3.63, 3.8) is 0 Å². The molecule has 0 radical (unpaired) electrons. The van der Waals surface area contributed by atoms with Crippen LogP contribution in [0.15, 0.2) is 41.4 Å². The lowest BCUT2D eigenvalue weighted by Crippen LogP contribution is -2.44. The summed E-state index contributed by atoms with van der Waals surface area (Å²) >= 11 is 0. The van der Waals surface area contributed by atoms with Gasteiger partial charge in [0.05, 0.1) is 18.9 Å². The van der Waals surface area contributed by atoms with Gasteiger partial charge in [0.25, 0.3) is 0 Å². The first-order chi connectivity index (χ1) is 14.6. The lowest BCUT2D eigenvalue weighted by Gasteiger charge is -2.18. The zero-order chi connectivity index (χ0) is 21.1. The quantitative estimate of drug-likeness (QED) is 0.224.